The van der Waals surface area contributed by atoms with Crippen LogP contribution in [0.1, 0.15) is 0 Å². The molecule has 0 aliphatic carbocycles. The van der Waals surface area contributed by atoms with Crippen LogP contribution >= 0.6 is 0 Å². The molecule has 0 bridgehead atoms. The van der Waals surface area contributed by atoms with Gasteiger partial charge in [0.15, 0.2) is 0 Å². The summed E-state index contributed by atoms with van der Waals surface area (Å²) in [6.07, 6.45) is 6.73. The Morgan fingerprint density at radius 3 is 2.67 bits per heavy atom. The van der Waals surface area contributed by atoms with Gasteiger partial charge >= 0.3 is 0 Å². The summed E-state index contributed by atoms with van der Waals surface area (Å²) in [7, 11) is 0. The van der Waals surface area contributed by atoms with Gasteiger partial charge in [0.2, 0.25) is 0 Å². The van der Waals surface area contributed by atoms with Crippen LogP contribution in [-0.2, 0) is 0 Å². The van der Waals surface area contributed by atoms with Crippen molar-refractivity contribution < 1.29 is 0 Å². The minimum absolute atomic E-state index is 0.696. The van der Waals surface area contributed by atoms with E-state index < -0.39 is 0 Å². The predicted octanol–water partition coefficient (Wildman–Crippen LogP) is -0.519. The van der Waals surface area contributed by atoms with Gasteiger partial charge in [0, 0.05) is 26.2 Å². The maximum absolute atomic E-state index is 6.73. The lowest BCUT2D eigenvalue weighted by atomic mass is 10.4. The van der Waals surface area contributed by atoms with Gasteiger partial charge in [0.25, 0.3) is 0 Å². The van der Waals surface area contributed by atoms with Gasteiger partial charge in [0.1, 0.15) is 0 Å². The molecule has 0 amide bonds. The number of nitrogens with one attached hydrogen (secondary N) is 1. The zero-order chi connectivity index (χ0) is 6.53. The summed E-state index contributed by atoms with van der Waals surface area (Å²) in [6.45, 7) is 4.93. The number of nitrogens with zero attached hydrogens (tertiary/aromatic N) is 1. The summed E-state index contributed by atoms with van der Waals surface area (Å²) in [5.74, 6) is 2.39. The molecule has 2 heteroatoms. The van der Waals surface area contributed by atoms with E-state index in [4.69, 9.17) is 6.42 Å². The van der Waals surface area contributed by atoms with Crippen LogP contribution in [-0.4, -0.2) is 37.6 Å². The van der Waals surface area contributed by atoms with Crippen LogP contribution in [0.25, 0.3) is 0 Å². The van der Waals surface area contributed by atoms with Crippen LogP contribution in [0, 0.1) is 12.3 Å². The summed E-state index contributed by atoms with van der Waals surface area (Å²) in [4.78, 5) is 2.21. The molecule has 1 heterocycles. The van der Waals surface area contributed by atoms with Crippen molar-refractivity contribution in [2.75, 3.05) is 32.7 Å². The lowest BCUT2D eigenvalue weighted by Crippen LogP contribution is -2.43. The normalized spacial score (nSPS) is 21.2. The topological polar surface area (TPSA) is 15.3 Å². The Morgan fingerprint density at radius 2 is 2.11 bits per heavy atom. The molecule has 1 aliphatic rings. The molecule has 0 aromatic heterocycles. The van der Waals surface area contributed by atoms with Crippen molar-refractivity contribution in [1.29, 1.82) is 0 Å². The SMILES string of the molecule is [C]#CCN1CCNCC1. The lowest BCUT2D eigenvalue weighted by Gasteiger charge is -2.24. The van der Waals surface area contributed by atoms with Crippen molar-refractivity contribution in [3.63, 3.8) is 0 Å². The van der Waals surface area contributed by atoms with E-state index >= 15 is 0 Å². The molecule has 2 nitrogen and oxygen atoms in total. The van der Waals surface area contributed by atoms with Crippen molar-refractivity contribution in [2.45, 2.75) is 0 Å². The smallest absolute Gasteiger partial charge is 0.0612 e. The van der Waals surface area contributed by atoms with Gasteiger partial charge in [-0.15, -0.1) is 0 Å². The van der Waals surface area contributed by atoms with Gasteiger partial charge in [0.05, 0.1) is 6.54 Å². The third-order valence-electron chi connectivity index (χ3n) is 1.51. The largest absolute Gasteiger partial charge is 0.314 e. The van der Waals surface area contributed by atoms with Gasteiger partial charge in [-0.1, -0.05) is 5.92 Å². The molecule has 1 aliphatic heterocycles. The van der Waals surface area contributed by atoms with Crippen molar-refractivity contribution >= 4 is 0 Å². The number of rotatable bonds is 1. The molecular weight excluding hydrogens is 112 g/mol. The molecule has 0 spiro atoms. The lowest BCUT2D eigenvalue weighted by molar-refractivity contribution is 0.268. The van der Waals surface area contributed by atoms with Gasteiger partial charge in [-0.25, -0.2) is 0 Å². The highest BCUT2D eigenvalue weighted by molar-refractivity contribution is 4.83. The minimum Gasteiger partial charge on any atom is -0.314 e. The Morgan fingerprint density at radius 1 is 1.44 bits per heavy atom. The monoisotopic (exact) mass is 123 g/mol. The fourth-order valence-electron chi connectivity index (χ4n) is 0.981. The Kier molecular flexibility index (Phi) is 2.56. The first-order chi connectivity index (χ1) is 4.43. The highest BCUT2D eigenvalue weighted by Gasteiger charge is 2.05. The molecular formula is C7H11N2. The maximum Gasteiger partial charge on any atom is 0.0612 e. The van der Waals surface area contributed by atoms with E-state index in [1.807, 2.05) is 0 Å². The highest BCUT2D eigenvalue weighted by atomic mass is 15.2. The Balaban J connectivity index is 2.17. The van der Waals surface area contributed by atoms with Crippen LogP contribution in [0.5, 0.6) is 0 Å². The molecule has 1 rings (SSSR count). The minimum atomic E-state index is 0.696. The zero-order valence-electron chi connectivity index (χ0n) is 5.48. The summed E-state index contributed by atoms with van der Waals surface area (Å²) >= 11 is 0. The van der Waals surface area contributed by atoms with Gasteiger partial charge < -0.3 is 5.32 Å². The molecule has 1 fully saturated rings. The molecule has 0 aromatic rings. The number of piperazine rings is 1. The summed E-state index contributed by atoms with van der Waals surface area (Å²) in [6, 6.07) is 0. The van der Waals surface area contributed by atoms with E-state index in [1.165, 1.54) is 0 Å². The van der Waals surface area contributed by atoms with Crippen LogP contribution < -0.4 is 5.32 Å². The van der Waals surface area contributed by atoms with E-state index in [2.05, 4.69) is 16.1 Å². The maximum atomic E-state index is 6.73. The van der Waals surface area contributed by atoms with Crippen molar-refractivity contribution in [2.24, 2.45) is 0 Å². The first kappa shape index (κ1) is 6.60. The van der Waals surface area contributed by atoms with E-state index in [-0.39, 0.29) is 0 Å². The van der Waals surface area contributed by atoms with E-state index in [0.29, 0.717) is 6.54 Å². The Hall–Kier alpha value is -0.520. The van der Waals surface area contributed by atoms with Crippen LogP contribution in [0.15, 0.2) is 0 Å². The molecule has 49 valence electrons. The molecule has 0 aromatic carbocycles. The third-order valence-corrected chi connectivity index (χ3v) is 1.51. The Labute approximate surface area is 56.2 Å². The molecule has 1 radical (unpaired) electrons. The molecule has 0 unspecified atom stereocenters. The zero-order valence-corrected chi connectivity index (χ0v) is 5.48. The second-order valence-electron chi connectivity index (χ2n) is 2.20. The average molecular weight is 123 g/mol. The average Bonchev–Trinajstić information content (AvgIpc) is 1.91. The summed E-state index contributed by atoms with van der Waals surface area (Å²) in [5, 5.41) is 3.24. The summed E-state index contributed by atoms with van der Waals surface area (Å²) < 4.78 is 0. The van der Waals surface area contributed by atoms with Crippen molar-refractivity contribution in [3.8, 4) is 5.92 Å². The first-order valence-corrected chi connectivity index (χ1v) is 3.26. The standard InChI is InChI=1S/C7H11N2/c1-2-5-9-6-3-8-4-7-9/h8H,3-7H2. The van der Waals surface area contributed by atoms with Gasteiger partial charge in [-0.2, -0.15) is 0 Å². The van der Waals surface area contributed by atoms with Gasteiger partial charge in [-0.3, -0.25) is 4.90 Å². The number of hydrogen-bond acceptors (Lipinski definition) is 2. The van der Waals surface area contributed by atoms with Crippen LogP contribution in [0.2, 0.25) is 0 Å². The first-order valence-electron chi connectivity index (χ1n) is 3.26. The second-order valence-corrected chi connectivity index (χ2v) is 2.20. The number of hydrogen-bond donors (Lipinski definition) is 1. The fourth-order valence-corrected chi connectivity index (χ4v) is 0.981. The predicted molar refractivity (Wildman–Crippen MR) is 36.4 cm³/mol. The fraction of sp³-hybridized carbons (Fsp3) is 0.714. The van der Waals surface area contributed by atoms with E-state index in [1.54, 1.807) is 0 Å². The second kappa shape index (κ2) is 3.49. The van der Waals surface area contributed by atoms with Gasteiger partial charge in [-0.05, 0) is 6.42 Å². The van der Waals surface area contributed by atoms with E-state index in [9.17, 15) is 0 Å². The van der Waals surface area contributed by atoms with Crippen molar-refractivity contribution in [1.82, 2.24) is 10.2 Å². The molecule has 9 heavy (non-hydrogen) atoms. The van der Waals surface area contributed by atoms with Crippen LogP contribution in [0.3, 0.4) is 0 Å². The van der Waals surface area contributed by atoms with E-state index in [0.717, 1.165) is 26.2 Å². The molecule has 1 saturated heterocycles. The molecule has 1 N–H and O–H groups in total. The highest BCUT2D eigenvalue weighted by Crippen LogP contribution is 1.88. The van der Waals surface area contributed by atoms with Crippen molar-refractivity contribution in [3.05, 3.63) is 6.42 Å². The van der Waals surface area contributed by atoms with Crippen LogP contribution in [0.4, 0.5) is 0 Å². The molecule has 0 saturated carbocycles. The Bertz CT molecular complexity index is 109. The summed E-state index contributed by atoms with van der Waals surface area (Å²) in [5.41, 5.74) is 0. The molecule has 0 atom stereocenters. The quantitative estimate of drug-likeness (QED) is 0.472. The third kappa shape index (κ3) is 2.05.